The Hall–Kier alpha value is -2.37. The summed E-state index contributed by atoms with van der Waals surface area (Å²) < 4.78 is 1.70. The van der Waals surface area contributed by atoms with Gasteiger partial charge < -0.3 is 10.2 Å². The Morgan fingerprint density at radius 3 is 2.50 bits per heavy atom. The van der Waals surface area contributed by atoms with E-state index in [1.54, 1.807) is 10.9 Å². The molecule has 0 unspecified atom stereocenters. The molecule has 1 fully saturated rings. The van der Waals surface area contributed by atoms with Gasteiger partial charge in [-0.3, -0.25) is 9.48 Å². The van der Waals surface area contributed by atoms with Gasteiger partial charge in [-0.25, -0.2) is 4.98 Å². The van der Waals surface area contributed by atoms with E-state index in [1.165, 1.54) is 25.7 Å². The van der Waals surface area contributed by atoms with E-state index >= 15 is 0 Å². The van der Waals surface area contributed by atoms with E-state index in [0.29, 0.717) is 12.1 Å². The van der Waals surface area contributed by atoms with Crippen LogP contribution in [0.3, 0.4) is 0 Å². The Bertz CT molecular complexity index is 684. The summed E-state index contributed by atoms with van der Waals surface area (Å²) in [5.41, 5.74) is 2.48. The van der Waals surface area contributed by atoms with Crippen molar-refractivity contribution in [2.24, 2.45) is 7.05 Å². The first-order chi connectivity index (χ1) is 11.6. The molecule has 2 aromatic heterocycles. The van der Waals surface area contributed by atoms with Gasteiger partial charge in [0.1, 0.15) is 5.82 Å². The van der Waals surface area contributed by atoms with Crippen LogP contribution in [0.4, 0.5) is 5.82 Å². The maximum absolute atomic E-state index is 12.2. The molecule has 6 heteroatoms. The van der Waals surface area contributed by atoms with Crippen molar-refractivity contribution in [3.05, 3.63) is 41.3 Å². The first-order valence-corrected chi connectivity index (χ1v) is 8.62. The normalized spacial score (nSPS) is 15.2. The fourth-order valence-electron chi connectivity index (χ4n) is 3.01. The highest BCUT2D eigenvalue weighted by atomic mass is 16.1. The second-order valence-electron chi connectivity index (χ2n) is 6.38. The van der Waals surface area contributed by atoms with Crippen molar-refractivity contribution in [2.45, 2.75) is 39.2 Å². The predicted octanol–water partition coefficient (Wildman–Crippen LogP) is 2.43. The number of aryl methyl sites for hydroxylation is 1. The van der Waals surface area contributed by atoms with E-state index in [-0.39, 0.29) is 5.91 Å². The van der Waals surface area contributed by atoms with Crippen LogP contribution in [0.25, 0.3) is 0 Å². The monoisotopic (exact) mass is 327 g/mol. The van der Waals surface area contributed by atoms with Crippen molar-refractivity contribution < 1.29 is 4.79 Å². The molecule has 0 aliphatic carbocycles. The highest BCUT2D eigenvalue weighted by molar-refractivity contribution is 5.94. The summed E-state index contributed by atoms with van der Waals surface area (Å²) in [5, 5.41) is 7.03. The van der Waals surface area contributed by atoms with E-state index < -0.39 is 0 Å². The first kappa shape index (κ1) is 16.5. The molecule has 1 amide bonds. The number of rotatable bonds is 4. The van der Waals surface area contributed by atoms with E-state index in [9.17, 15) is 4.79 Å². The van der Waals surface area contributed by atoms with Crippen molar-refractivity contribution in [2.75, 3.05) is 18.0 Å². The number of pyridine rings is 1. The fourth-order valence-corrected chi connectivity index (χ4v) is 3.01. The quantitative estimate of drug-likeness (QED) is 0.937. The van der Waals surface area contributed by atoms with Crippen LogP contribution in [0.1, 0.15) is 47.3 Å². The summed E-state index contributed by atoms with van der Waals surface area (Å²) in [6.07, 6.45) is 8.57. The molecule has 2 aromatic rings. The van der Waals surface area contributed by atoms with Crippen molar-refractivity contribution >= 4 is 11.7 Å². The summed E-state index contributed by atoms with van der Waals surface area (Å²) in [6.45, 7) is 4.53. The van der Waals surface area contributed by atoms with Gasteiger partial charge in [-0.2, -0.15) is 5.10 Å². The number of aromatic nitrogens is 3. The third-order valence-electron chi connectivity index (χ3n) is 4.67. The van der Waals surface area contributed by atoms with Crippen LogP contribution < -0.4 is 10.2 Å². The number of hydrogen-bond acceptors (Lipinski definition) is 4. The number of amides is 1. The minimum absolute atomic E-state index is 0.0998. The van der Waals surface area contributed by atoms with Gasteiger partial charge in [0.2, 0.25) is 0 Å². The van der Waals surface area contributed by atoms with Gasteiger partial charge in [0.25, 0.3) is 5.91 Å². The van der Waals surface area contributed by atoms with Crippen molar-refractivity contribution in [1.82, 2.24) is 20.1 Å². The van der Waals surface area contributed by atoms with E-state index in [2.05, 4.69) is 26.4 Å². The molecule has 0 aromatic carbocycles. The molecule has 3 rings (SSSR count). The van der Waals surface area contributed by atoms with Gasteiger partial charge in [0.05, 0.1) is 11.8 Å². The standard InChI is InChI=1S/C18H25N5O/c1-14-16(13-21-22(14)2)18(24)20-12-15-7-8-17(19-11-15)23-9-5-3-4-6-10-23/h7-8,11,13H,3-6,9-10,12H2,1-2H3,(H,20,24). The lowest BCUT2D eigenvalue weighted by Crippen LogP contribution is -2.25. The Balaban J connectivity index is 1.58. The highest BCUT2D eigenvalue weighted by Gasteiger charge is 2.13. The zero-order valence-electron chi connectivity index (χ0n) is 14.5. The van der Waals surface area contributed by atoms with Crippen LogP contribution in [0.15, 0.2) is 24.5 Å². The average molecular weight is 327 g/mol. The van der Waals surface area contributed by atoms with Crippen molar-refractivity contribution in [3.8, 4) is 0 Å². The lowest BCUT2D eigenvalue weighted by atomic mass is 10.2. The van der Waals surface area contributed by atoms with Crippen LogP contribution in [0.5, 0.6) is 0 Å². The molecule has 1 N–H and O–H groups in total. The smallest absolute Gasteiger partial charge is 0.255 e. The third-order valence-corrected chi connectivity index (χ3v) is 4.67. The van der Waals surface area contributed by atoms with Gasteiger partial charge in [-0.15, -0.1) is 0 Å². The Morgan fingerprint density at radius 2 is 1.92 bits per heavy atom. The minimum atomic E-state index is -0.0998. The molecule has 0 atom stereocenters. The Labute approximate surface area is 142 Å². The van der Waals surface area contributed by atoms with E-state index in [4.69, 9.17) is 0 Å². The third kappa shape index (κ3) is 3.75. The van der Waals surface area contributed by atoms with Crippen molar-refractivity contribution in [3.63, 3.8) is 0 Å². The largest absolute Gasteiger partial charge is 0.357 e. The number of carbonyl (C=O) groups is 1. The van der Waals surface area contributed by atoms with Crippen LogP contribution >= 0.6 is 0 Å². The minimum Gasteiger partial charge on any atom is -0.357 e. The highest BCUT2D eigenvalue weighted by Crippen LogP contribution is 2.17. The number of nitrogens with one attached hydrogen (secondary N) is 1. The van der Waals surface area contributed by atoms with Gasteiger partial charge in [-0.05, 0) is 31.4 Å². The molecule has 0 spiro atoms. The molecule has 0 bridgehead atoms. The average Bonchev–Trinajstić information content (AvgIpc) is 2.82. The summed E-state index contributed by atoms with van der Waals surface area (Å²) >= 11 is 0. The number of nitrogens with zero attached hydrogens (tertiary/aromatic N) is 4. The zero-order chi connectivity index (χ0) is 16.9. The Kier molecular flexibility index (Phi) is 5.13. The Morgan fingerprint density at radius 1 is 1.17 bits per heavy atom. The van der Waals surface area contributed by atoms with E-state index in [1.807, 2.05) is 26.2 Å². The molecule has 0 saturated carbocycles. The van der Waals surface area contributed by atoms with Gasteiger partial charge in [-0.1, -0.05) is 18.9 Å². The van der Waals surface area contributed by atoms with Gasteiger partial charge in [0, 0.05) is 38.6 Å². The zero-order valence-corrected chi connectivity index (χ0v) is 14.5. The molecule has 1 aliphatic rings. The molecule has 1 aliphatic heterocycles. The molecule has 3 heterocycles. The topological polar surface area (TPSA) is 63.1 Å². The maximum Gasteiger partial charge on any atom is 0.255 e. The van der Waals surface area contributed by atoms with E-state index in [0.717, 1.165) is 30.2 Å². The number of hydrogen-bond donors (Lipinski definition) is 1. The molecule has 128 valence electrons. The van der Waals surface area contributed by atoms with Gasteiger partial charge >= 0.3 is 0 Å². The molecule has 6 nitrogen and oxygen atoms in total. The summed E-state index contributed by atoms with van der Waals surface area (Å²) in [5.74, 6) is 0.937. The lowest BCUT2D eigenvalue weighted by Gasteiger charge is -2.21. The van der Waals surface area contributed by atoms with Gasteiger partial charge in [0.15, 0.2) is 0 Å². The number of anilines is 1. The number of carbonyl (C=O) groups excluding carboxylic acids is 1. The van der Waals surface area contributed by atoms with Crippen LogP contribution in [0.2, 0.25) is 0 Å². The first-order valence-electron chi connectivity index (χ1n) is 8.62. The van der Waals surface area contributed by atoms with Crippen LogP contribution in [-0.2, 0) is 13.6 Å². The second kappa shape index (κ2) is 7.47. The molecular formula is C18H25N5O. The molecular weight excluding hydrogens is 302 g/mol. The maximum atomic E-state index is 12.2. The second-order valence-corrected chi connectivity index (χ2v) is 6.38. The molecule has 1 saturated heterocycles. The SMILES string of the molecule is Cc1c(C(=O)NCc2ccc(N3CCCCCC3)nc2)cnn1C. The van der Waals surface area contributed by atoms with Crippen molar-refractivity contribution in [1.29, 1.82) is 0 Å². The summed E-state index contributed by atoms with van der Waals surface area (Å²) in [7, 11) is 1.83. The summed E-state index contributed by atoms with van der Waals surface area (Å²) in [4.78, 5) is 19.1. The molecule has 24 heavy (non-hydrogen) atoms. The van der Waals surface area contributed by atoms with Crippen LogP contribution in [-0.4, -0.2) is 33.8 Å². The van der Waals surface area contributed by atoms with Crippen LogP contribution in [0, 0.1) is 6.92 Å². The summed E-state index contributed by atoms with van der Waals surface area (Å²) in [6, 6.07) is 4.10. The fraction of sp³-hybridized carbons (Fsp3) is 0.500. The predicted molar refractivity (Wildman–Crippen MR) is 94.0 cm³/mol. The lowest BCUT2D eigenvalue weighted by molar-refractivity contribution is 0.0950. The molecule has 0 radical (unpaired) electrons.